The van der Waals surface area contributed by atoms with E-state index in [-0.39, 0.29) is 5.84 Å². The van der Waals surface area contributed by atoms with E-state index in [9.17, 15) is 0 Å². The Morgan fingerprint density at radius 1 is 1.16 bits per heavy atom. The maximum atomic E-state index is 7.38. The van der Waals surface area contributed by atoms with E-state index in [0.29, 0.717) is 0 Å². The number of thiophene rings is 1. The molecule has 0 fully saturated rings. The SMILES string of the molecule is CCc1ccc(CN(C)c2ccc(C(=N)N)cc2)s1. The van der Waals surface area contributed by atoms with Crippen LogP contribution in [-0.2, 0) is 13.0 Å². The lowest BCUT2D eigenvalue weighted by Crippen LogP contribution is -2.16. The standard InChI is InChI=1S/C15H19N3S/c1-3-13-8-9-14(19-13)10-18(2)12-6-4-11(5-7-12)15(16)17/h4-9H,3,10H2,1-2H3,(H3,16,17). The van der Waals surface area contributed by atoms with Crippen LogP contribution < -0.4 is 10.6 Å². The van der Waals surface area contributed by atoms with Crippen molar-refractivity contribution < 1.29 is 0 Å². The first kappa shape index (κ1) is 13.6. The fourth-order valence-corrected chi connectivity index (χ4v) is 2.93. The summed E-state index contributed by atoms with van der Waals surface area (Å²) < 4.78 is 0. The Balaban J connectivity index is 2.06. The molecule has 1 heterocycles. The van der Waals surface area contributed by atoms with Gasteiger partial charge in [0.2, 0.25) is 0 Å². The van der Waals surface area contributed by atoms with Gasteiger partial charge in [0.05, 0.1) is 6.54 Å². The Labute approximate surface area is 118 Å². The number of nitrogens with one attached hydrogen (secondary N) is 1. The Morgan fingerprint density at radius 3 is 2.32 bits per heavy atom. The van der Waals surface area contributed by atoms with Gasteiger partial charge in [0.25, 0.3) is 0 Å². The van der Waals surface area contributed by atoms with E-state index in [0.717, 1.165) is 24.2 Å². The van der Waals surface area contributed by atoms with E-state index in [1.54, 1.807) is 0 Å². The largest absolute Gasteiger partial charge is 0.384 e. The van der Waals surface area contributed by atoms with Crippen molar-refractivity contribution in [3.05, 3.63) is 51.7 Å². The van der Waals surface area contributed by atoms with Crippen molar-refractivity contribution in [2.75, 3.05) is 11.9 Å². The van der Waals surface area contributed by atoms with Crippen LogP contribution in [0.1, 0.15) is 22.2 Å². The Morgan fingerprint density at radius 2 is 1.79 bits per heavy atom. The highest BCUT2D eigenvalue weighted by Crippen LogP contribution is 2.21. The zero-order valence-electron chi connectivity index (χ0n) is 11.3. The minimum atomic E-state index is 0.111. The van der Waals surface area contributed by atoms with Crippen LogP contribution in [0.15, 0.2) is 36.4 Å². The molecule has 19 heavy (non-hydrogen) atoms. The highest BCUT2D eigenvalue weighted by atomic mass is 32.1. The van der Waals surface area contributed by atoms with Crippen LogP contribution in [0.2, 0.25) is 0 Å². The average Bonchev–Trinajstić information content (AvgIpc) is 2.86. The second kappa shape index (κ2) is 5.89. The van der Waals surface area contributed by atoms with E-state index in [2.05, 4.69) is 31.0 Å². The molecule has 0 saturated heterocycles. The van der Waals surface area contributed by atoms with Crippen LogP contribution in [0.3, 0.4) is 0 Å². The minimum Gasteiger partial charge on any atom is -0.384 e. The van der Waals surface area contributed by atoms with Crippen molar-refractivity contribution in [3.8, 4) is 0 Å². The molecule has 0 aliphatic heterocycles. The second-order valence-electron chi connectivity index (χ2n) is 4.54. The third kappa shape index (κ3) is 3.35. The Hall–Kier alpha value is -1.81. The van der Waals surface area contributed by atoms with Crippen LogP contribution in [-0.4, -0.2) is 12.9 Å². The lowest BCUT2D eigenvalue weighted by Gasteiger charge is -2.18. The van der Waals surface area contributed by atoms with Gasteiger partial charge >= 0.3 is 0 Å². The molecule has 2 rings (SSSR count). The lowest BCUT2D eigenvalue weighted by atomic mass is 10.2. The van der Waals surface area contributed by atoms with E-state index in [1.807, 2.05) is 35.6 Å². The van der Waals surface area contributed by atoms with Gasteiger partial charge in [-0.3, -0.25) is 5.41 Å². The zero-order valence-corrected chi connectivity index (χ0v) is 12.1. The van der Waals surface area contributed by atoms with Gasteiger partial charge in [0.1, 0.15) is 5.84 Å². The molecule has 1 aromatic carbocycles. The topological polar surface area (TPSA) is 53.1 Å². The summed E-state index contributed by atoms with van der Waals surface area (Å²) in [6.45, 7) is 3.09. The maximum Gasteiger partial charge on any atom is 0.122 e. The van der Waals surface area contributed by atoms with Gasteiger partial charge in [-0.15, -0.1) is 11.3 Å². The second-order valence-corrected chi connectivity index (χ2v) is 5.79. The molecule has 0 aliphatic carbocycles. The third-order valence-corrected chi connectivity index (χ3v) is 4.29. The number of hydrogen-bond donors (Lipinski definition) is 2. The van der Waals surface area contributed by atoms with E-state index in [4.69, 9.17) is 11.1 Å². The van der Waals surface area contributed by atoms with Crippen molar-refractivity contribution >= 4 is 22.9 Å². The van der Waals surface area contributed by atoms with Gasteiger partial charge < -0.3 is 10.6 Å². The number of amidine groups is 1. The molecule has 0 aliphatic rings. The van der Waals surface area contributed by atoms with Crippen LogP contribution >= 0.6 is 11.3 Å². The number of hydrogen-bond acceptors (Lipinski definition) is 3. The summed E-state index contributed by atoms with van der Waals surface area (Å²) in [6.07, 6.45) is 1.10. The minimum absolute atomic E-state index is 0.111. The van der Waals surface area contributed by atoms with Gasteiger partial charge in [-0.2, -0.15) is 0 Å². The van der Waals surface area contributed by atoms with Crippen molar-refractivity contribution in [3.63, 3.8) is 0 Å². The number of benzene rings is 1. The monoisotopic (exact) mass is 273 g/mol. The summed E-state index contributed by atoms with van der Waals surface area (Å²) in [7, 11) is 2.08. The Bertz CT molecular complexity index is 557. The first-order valence-corrected chi connectivity index (χ1v) is 7.15. The highest BCUT2D eigenvalue weighted by molar-refractivity contribution is 7.12. The number of aryl methyl sites for hydroxylation is 1. The van der Waals surface area contributed by atoms with Crippen LogP contribution in [0.5, 0.6) is 0 Å². The summed E-state index contributed by atoms with van der Waals surface area (Å²) in [5, 5.41) is 7.38. The van der Waals surface area contributed by atoms with Gasteiger partial charge in [-0.25, -0.2) is 0 Å². The fourth-order valence-electron chi connectivity index (χ4n) is 1.92. The molecule has 0 spiro atoms. The van der Waals surface area contributed by atoms with Crippen LogP contribution in [0.4, 0.5) is 5.69 Å². The first-order valence-electron chi connectivity index (χ1n) is 6.33. The molecular formula is C15H19N3S. The summed E-state index contributed by atoms with van der Waals surface area (Å²) in [4.78, 5) is 5.00. The molecule has 0 amide bonds. The molecule has 4 heteroatoms. The average molecular weight is 273 g/mol. The predicted octanol–water partition coefficient (Wildman–Crippen LogP) is 3.23. The zero-order chi connectivity index (χ0) is 13.8. The molecule has 1 aromatic heterocycles. The van der Waals surface area contributed by atoms with Crippen LogP contribution in [0.25, 0.3) is 0 Å². The van der Waals surface area contributed by atoms with E-state index < -0.39 is 0 Å². The summed E-state index contributed by atoms with van der Waals surface area (Å²) in [5.74, 6) is 0.111. The number of anilines is 1. The summed E-state index contributed by atoms with van der Waals surface area (Å²) in [5.41, 5.74) is 7.35. The summed E-state index contributed by atoms with van der Waals surface area (Å²) in [6, 6.07) is 12.2. The van der Waals surface area contributed by atoms with E-state index in [1.165, 1.54) is 9.75 Å². The predicted molar refractivity (Wildman–Crippen MR) is 83.3 cm³/mol. The first-order chi connectivity index (χ1) is 9.10. The fraction of sp³-hybridized carbons (Fsp3) is 0.267. The summed E-state index contributed by atoms with van der Waals surface area (Å²) >= 11 is 1.87. The molecule has 0 radical (unpaired) electrons. The molecule has 3 nitrogen and oxygen atoms in total. The van der Waals surface area contributed by atoms with Gasteiger partial charge in [-0.1, -0.05) is 6.92 Å². The molecular weight excluding hydrogens is 254 g/mol. The van der Waals surface area contributed by atoms with Gasteiger partial charge in [0.15, 0.2) is 0 Å². The molecule has 0 atom stereocenters. The Kier molecular flexibility index (Phi) is 4.22. The quantitative estimate of drug-likeness (QED) is 0.649. The molecule has 0 saturated carbocycles. The maximum absolute atomic E-state index is 7.38. The van der Waals surface area contributed by atoms with E-state index >= 15 is 0 Å². The number of nitrogens with zero attached hydrogens (tertiary/aromatic N) is 1. The number of rotatable bonds is 5. The molecule has 3 N–H and O–H groups in total. The van der Waals surface area contributed by atoms with Crippen molar-refractivity contribution in [1.29, 1.82) is 5.41 Å². The molecule has 0 unspecified atom stereocenters. The lowest BCUT2D eigenvalue weighted by molar-refractivity contribution is 0.940. The van der Waals surface area contributed by atoms with Gasteiger partial charge in [-0.05, 0) is 42.8 Å². The molecule has 2 aromatic rings. The molecule has 100 valence electrons. The van der Waals surface area contributed by atoms with Crippen molar-refractivity contribution in [2.24, 2.45) is 5.73 Å². The molecule has 0 bridgehead atoms. The van der Waals surface area contributed by atoms with Gasteiger partial charge in [0, 0.05) is 28.1 Å². The highest BCUT2D eigenvalue weighted by Gasteiger charge is 2.05. The number of nitrogen functional groups attached to an aromatic ring is 1. The number of nitrogens with two attached hydrogens (primary N) is 1. The third-order valence-electron chi connectivity index (χ3n) is 3.08. The van der Waals surface area contributed by atoms with Crippen LogP contribution in [0, 0.1) is 5.41 Å². The van der Waals surface area contributed by atoms with Crippen molar-refractivity contribution in [1.82, 2.24) is 0 Å². The normalized spacial score (nSPS) is 10.4. The van der Waals surface area contributed by atoms with Crippen molar-refractivity contribution in [2.45, 2.75) is 19.9 Å². The smallest absolute Gasteiger partial charge is 0.122 e.